The summed E-state index contributed by atoms with van der Waals surface area (Å²) < 4.78 is 11.9. The van der Waals surface area contributed by atoms with Gasteiger partial charge in [0, 0.05) is 18.9 Å². The molecule has 1 fully saturated rings. The lowest BCUT2D eigenvalue weighted by molar-refractivity contribution is 0.0536. The van der Waals surface area contributed by atoms with Crippen molar-refractivity contribution in [1.29, 1.82) is 0 Å². The largest absolute Gasteiger partial charge is 0.493 e. The van der Waals surface area contributed by atoms with Crippen LogP contribution in [0.5, 0.6) is 11.5 Å². The smallest absolute Gasteiger partial charge is 0.258 e. The van der Waals surface area contributed by atoms with Crippen molar-refractivity contribution in [1.82, 2.24) is 9.88 Å². The molecule has 0 N–H and O–H groups in total. The highest BCUT2D eigenvalue weighted by Crippen LogP contribution is 2.30. The molecule has 4 rings (SSSR count). The zero-order valence-electron chi connectivity index (χ0n) is 16.0. The molecule has 1 amide bonds. The van der Waals surface area contributed by atoms with Crippen molar-refractivity contribution in [3.63, 3.8) is 0 Å². The Hall–Kier alpha value is -3.08. The fourth-order valence-electron chi connectivity index (χ4n) is 3.73. The van der Waals surface area contributed by atoms with Crippen molar-refractivity contribution in [2.24, 2.45) is 0 Å². The first kappa shape index (κ1) is 18.3. The van der Waals surface area contributed by atoms with Crippen molar-refractivity contribution < 1.29 is 14.3 Å². The van der Waals surface area contributed by atoms with E-state index in [4.69, 9.17) is 9.47 Å². The van der Waals surface area contributed by atoms with Gasteiger partial charge in [-0.15, -0.1) is 0 Å². The number of pyridine rings is 1. The molecule has 144 valence electrons. The fraction of sp³-hybridized carbons (Fsp3) is 0.304. The predicted molar refractivity (Wildman–Crippen MR) is 109 cm³/mol. The van der Waals surface area contributed by atoms with Crippen molar-refractivity contribution in [2.45, 2.75) is 25.9 Å². The molecule has 0 aliphatic carbocycles. The standard InChI is InChI=1S/C23H24N2O3/c1-2-27-21-10-9-17-6-3-4-8-20(17)22(21)23(26)25-15-5-7-19(16-25)28-18-11-13-24-14-12-18/h3-4,6,8-14,19H,2,5,7,15-16H2,1H3. The zero-order valence-corrected chi connectivity index (χ0v) is 16.0. The number of rotatable bonds is 5. The Morgan fingerprint density at radius 2 is 1.96 bits per heavy atom. The van der Waals surface area contributed by atoms with E-state index in [1.165, 1.54) is 0 Å². The van der Waals surface area contributed by atoms with Gasteiger partial charge in [-0.2, -0.15) is 0 Å². The van der Waals surface area contributed by atoms with Crippen molar-refractivity contribution in [2.75, 3.05) is 19.7 Å². The van der Waals surface area contributed by atoms with Gasteiger partial charge < -0.3 is 14.4 Å². The number of likely N-dealkylation sites (tertiary alicyclic amines) is 1. The van der Waals surface area contributed by atoms with Gasteiger partial charge in [0.15, 0.2) is 0 Å². The third-order valence-corrected chi connectivity index (χ3v) is 5.02. The average Bonchev–Trinajstić information content (AvgIpc) is 2.74. The normalized spacial score (nSPS) is 16.8. The van der Waals surface area contributed by atoms with Gasteiger partial charge >= 0.3 is 0 Å². The van der Waals surface area contributed by atoms with E-state index < -0.39 is 0 Å². The molecule has 1 aliphatic rings. The SMILES string of the molecule is CCOc1ccc2ccccc2c1C(=O)N1CCCC(Oc2ccncc2)C1. The highest BCUT2D eigenvalue weighted by Gasteiger charge is 2.28. The minimum Gasteiger partial charge on any atom is -0.493 e. The Bertz CT molecular complexity index is 958. The Labute approximate surface area is 164 Å². The first-order chi connectivity index (χ1) is 13.8. The maximum atomic E-state index is 13.5. The third-order valence-electron chi connectivity index (χ3n) is 5.02. The number of hydrogen-bond donors (Lipinski definition) is 0. The molecular formula is C23H24N2O3. The summed E-state index contributed by atoms with van der Waals surface area (Å²) >= 11 is 0. The van der Waals surface area contributed by atoms with Gasteiger partial charge in [-0.1, -0.05) is 30.3 Å². The molecule has 1 unspecified atom stereocenters. The van der Waals surface area contributed by atoms with E-state index in [0.29, 0.717) is 24.5 Å². The molecule has 3 aromatic rings. The van der Waals surface area contributed by atoms with Gasteiger partial charge in [-0.3, -0.25) is 9.78 Å². The van der Waals surface area contributed by atoms with E-state index in [-0.39, 0.29) is 12.0 Å². The molecule has 28 heavy (non-hydrogen) atoms. The van der Waals surface area contributed by atoms with E-state index in [0.717, 1.165) is 35.9 Å². The number of aromatic nitrogens is 1. The number of benzene rings is 2. The Balaban J connectivity index is 1.60. The molecule has 1 atom stereocenters. The summed E-state index contributed by atoms with van der Waals surface area (Å²) in [7, 11) is 0. The van der Waals surface area contributed by atoms with Crippen LogP contribution < -0.4 is 9.47 Å². The zero-order chi connectivity index (χ0) is 19.3. The molecule has 0 radical (unpaired) electrons. The van der Waals surface area contributed by atoms with Crippen LogP contribution in [0.25, 0.3) is 10.8 Å². The summed E-state index contributed by atoms with van der Waals surface area (Å²) in [4.78, 5) is 19.4. The first-order valence-corrected chi connectivity index (χ1v) is 9.76. The molecule has 5 nitrogen and oxygen atoms in total. The number of nitrogens with zero attached hydrogens (tertiary/aromatic N) is 2. The van der Waals surface area contributed by atoms with Gasteiger partial charge in [0.25, 0.3) is 5.91 Å². The monoisotopic (exact) mass is 376 g/mol. The first-order valence-electron chi connectivity index (χ1n) is 9.76. The predicted octanol–water partition coefficient (Wildman–Crippen LogP) is 4.32. The van der Waals surface area contributed by atoms with Gasteiger partial charge in [0.05, 0.1) is 18.7 Å². The number of ether oxygens (including phenoxy) is 2. The van der Waals surface area contributed by atoms with Crippen LogP contribution in [0.4, 0.5) is 0 Å². The molecule has 1 aliphatic heterocycles. The lowest BCUT2D eigenvalue weighted by Crippen LogP contribution is -2.44. The van der Waals surface area contributed by atoms with Crippen LogP contribution in [0.1, 0.15) is 30.1 Å². The van der Waals surface area contributed by atoms with Crippen LogP contribution in [-0.2, 0) is 0 Å². The summed E-state index contributed by atoms with van der Waals surface area (Å²) in [5, 5.41) is 1.96. The molecule has 5 heteroatoms. The van der Waals surface area contributed by atoms with Crippen molar-refractivity contribution in [3.8, 4) is 11.5 Å². The topological polar surface area (TPSA) is 51.7 Å². The van der Waals surface area contributed by atoms with E-state index in [1.807, 2.05) is 60.4 Å². The number of carbonyl (C=O) groups is 1. The number of fused-ring (bicyclic) bond motifs is 1. The maximum Gasteiger partial charge on any atom is 0.258 e. The van der Waals surface area contributed by atoms with E-state index in [9.17, 15) is 4.79 Å². The van der Waals surface area contributed by atoms with Crippen molar-refractivity contribution in [3.05, 3.63) is 66.5 Å². The van der Waals surface area contributed by atoms with Crippen LogP contribution in [0, 0.1) is 0 Å². The summed E-state index contributed by atoms with van der Waals surface area (Å²) in [6.07, 6.45) is 5.25. The molecule has 0 saturated carbocycles. The molecule has 2 heterocycles. The summed E-state index contributed by atoms with van der Waals surface area (Å²) in [6, 6.07) is 15.5. The van der Waals surface area contributed by atoms with E-state index >= 15 is 0 Å². The van der Waals surface area contributed by atoms with Crippen LogP contribution in [0.3, 0.4) is 0 Å². The average molecular weight is 376 g/mol. The Morgan fingerprint density at radius 3 is 2.79 bits per heavy atom. The quantitative estimate of drug-likeness (QED) is 0.666. The number of amides is 1. The van der Waals surface area contributed by atoms with Crippen molar-refractivity contribution >= 4 is 16.7 Å². The summed E-state index contributed by atoms with van der Waals surface area (Å²) in [6.45, 7) is 3.75. The minimum absolute atomic E-state index is 0.00304. The number of hydrogen-bond acceptors (Lipinski definition) is 4. The lowest BCUT2D eigenvalue weighted by Gasteiger charge is -2.33. The number of piperidine rings is 1. The van der Waals surface area contributed by atoms with Gasteiger partial charge in [-0.25, -0.2) is 0 Å². The second-order valence-electron chi connectivity index (χ2n) is 6.91. The van der Waals surface area contributed by atoms with Crippen LogP contribution in [0.15, 0.2) is 60.9 Å². The fourth-order valence-corrected chi connectivity index (χ4v) is 3.73. The van der Waals surface area contributed by atoms with Crippen LogP contribution in [0.2, 0.25) is 0 Å². The summed E-state index contributed by atoms with van der Waals surface area (Å²) in [5.41, 5.74) is 0.643. The van der Waals surface area contributed by atoms with Gasteiger partial charge in [0.1, 0.15) is 17.6 Å². The third kappa shape index (κ3) is 3.79. The highest BCUT2D eigenvalue weighted by atomic mass is 16.5. The Morgan fingerprint density at radius 1 is 1.14 bits per heavy atom. The summed E-state index contributed by atoms with van der Waals surface area (Å²) in [5.74, 6) is 1.43. The second-order valence-corrected chi connectivity index (χ2v) is 6.91. The molecule has 0 spiro atoms. The number of carbonyl (C=O) groups excluding carboxylic acids is 1. The van der Waals surface area contributed by atoms with Gasteiger partial charge in [0.2, 0.25) is 0 Å². The van der Waals surface area contributed by atoms with Gasteiger partial charge in [-0.05, 0) is 48.7 Å². The molecule has 2 aromatic carbocycles. The minimum atomic E-state index is -0.0226. The van der Waals surface area contributed by atoms with E-state index in [1.54, 1.807) is 12.4 Å². The molecule has 1 saturated heterocycles. The van der Waals surface area contributed by atoms with Crippen LogP contribution >= 0.6 is 0 Å². The molecule has 1 aromatic heterocycles. The van der Waals surface area contributed by atoms with E-state index in [2.05, 4.69) is 4.98 Å². The molecular weight excluding hydrogens is 352 g/mol. The lowest BCUT2D eigenvalue weighted by atomic mass is 10.0. The second kappa shape index (κ2) is 8.30. The molecule has 0 bridgehead atoms. The highest BCUT2D eigenvalue weighted by molar-refractivity contribution is 6.09. The Kier molecular flexibility index (Phi) is 5.42. The van der Waals surface area contributed by atoms with Crippen LogP contribution in [-0.4, -0.2) is 41.6 Å². The maximum absolute atomic E-state index is 13.5.